The number of hydrogen-bond acceptors (Lipinski definition) is 18. The fourth-order valence-electron chi connectivity index (χ4n) is 11.0. The zero-order valence-electron chi connectivity index (χ0n) is 56.6. The molecular weight excluding hydrogens is 1200 g/mol. The van der Waals surface area contributed by atoms with Crippen molar-refractivity contribution in [1.29, 1.82) is 0 Å². The van der Waals surface area contributed by atoms with Crippen LogP contribution in [-0.4, -0.2) is 193 Å². The van der Waals surface area contributed by atoms with Gasteiger partial charge in [0.05, 0.1) is 38.6 Å². The van der Waals surface area contributed by atoms with Crippen molar-refractivity contribution in [3.63, 3.8) is 0 Å². The number of carbonyl (C=O) groups excluding carboxylic acids is 1. The van der Waals surface area contributed by atoms with Crippen molar-refractivity contribution in [1.82, 2.24) is 5.32 Å². The molecule has 0 aromatic heterocycles. The van der Waals surface area contributed by atoms with Crippen LogP contribution in [0.4, 0.5) is 0 Å². The number of carbonyl (C=O) groups is 1. The molecule has 19 heteroatoms. The van der Waals surface area contributed by atoms with Crippen LogP contribution in [0.1, 0.15) is 200 Å². The number of hydrogen-bond donors (Lipinski definition) is 12. The Hall–Kier alpha value is -4.07. The van der Waals surface area contributed by atoms with Gasteiger partial charge in [0.15, 0.2) is 18.9 Å². The molecule has 0 aromatic carbocycles. The molecule has 0 bridgehead atoms. The van der Waals surface area contributed by atoms with E-state index in [0.717, 1.165) is 103 Å². The van der Waals surface area contributed by atoms with E-state index in [0.29, 0.717) is 6.42 Å². The van der Waals surface area contributed by atoms with Crippen molar-refractivity contribution in [2.75, 3.05) is 26.4 Å². The molecule has 3 aliphatic rings. The quantitative estimate of drug-likeness (QED) is 0.0199. The highest BCUT2D eigenvalue weighted by Crippen LogP contribution is 2.33. The average molecular weight is 1330 g/mol. The fourth-order valence-corrected chi connectivity index (χ4v) is 11.0. The second-order valence-corrected chi connectivity index (χ2v) is 24.6. The van der Waals surface area contributed by atoms with Gasteiger partial charge in [0.1, 0.15) is 73.2 Å². The molecule has 0 spiro atoms. The molecule has 3 fully saturated rings. The van der Waals surface area contributed by atoms with E-state index in [4.69, 9.17) is 28.4 Å². The lowest BCUT2D eigenvalue weighted by atomic mass is 9.96. The maximum atomic E-state index is 13.4. The molecule has 3 rings (SSSR count). The summed E-state index contributed by atoms with van der Waals surface area (Å²) in [4.78, 5) is 13.4. The maximum Gasteiger partial charge on any atom is 0.220 e. The standard InChI is InChI=1S/C75H123NO18/c1-3-5-7-9-11-13-15-17-19-21-22-23-24-25-26-27-28-29-30-31-32-33-34-35-36-37-39-41-43-45-47-49-51-53-63(81)76-58(59(80)52-50-48-46-44-42-40-38-20-18-16-14-12-10-8-6-4-2)57-89-73-69(87)66(84)71(61(55-78)91-73)94-75-70(88)67(85)72(62(56-79)92-75)93-74-68(86)65(83)64(82)60(54-77)90-74/h5,7,11,13,17,19,22-23,25-26,28-29,31-32,34-35,37,39,43,45,50,52,58-62,64-75,77-80,82-88H,3-4,6,8-10,12,14-16,18,20-21,24,27,30,33,36,38,40-42,44,46-49,51,53-57H2,1-2H3,(H,76,81)/b7-5-,13-11-,19-17-,23-22-,26-25-,29-28-,32-31-,35-34-,39-37-,45-43-,52-50+. The molecule has 0 saturated carbocycles. The van der Waals surface area contributed by atoms with Gasteiger partial charge in [-0.25, -0.2) is 0 Å². The molecule has 0 aliphatic carbocycles. The molecule has 1 amide bonds. The second kappa shape index (κ2) is 54.9. The summed E-state index contributed by atoms with van der Waals surface area (Å²) in [6.07, 6.45) is 49.9. The number of unbranched alkanes of at least 4 members (excludes halogenated alkanes) is 16. The normalized spacial score (nSPS) is 28.2. The zero-order valence-corrected chi connectivity index (χ0v) is 56.6. The van der Waals surface area contributed by atoms with E-state index < -0.39 is 124 Å². The van der Waals surface area contributed by atoms with E-state index in [-0.39, 0.29) is 18.9 Å². The van der Waals surface area contributed by atoms with Crippen LogP contribution < -0.4 is 5.32 Å². The Morgan fingerprint density at radius 3 is 1.15 bits per heavy atom. The molecule has 536 valence electrons. The number of aliphatic hydroxyl groups is 11. The maximum absolute atomic E-state index is 13.4. The van der Waals surface area contributed by atoms with Crippen molar-refractivity contribution in [2.45, 2.75) is 304 Å². The lowest BCUT2D eigenvalue weighted by Crippen LogP contribution is -2.66. The van der Waals surface area contributed by atoms with Crippen LogP contribution in [0.2, 0.25) is 0 Å². The highest BCUT2D eigenvalue weighted by molar-refractivity contribution is 5.76. The molecule has 19 nitrogen and oxygen atoms in total. The average Bonchev–Trinajstić information content (AvgIpc) is 0.787. The Morgan fingerprint density at radius 2 is 0.734 bits per heavy atom. The van der Waals surface area contributed by atoms with Crippen LogP contribution in [0.25, 0.3) is 0 Å². The molecular formula is C75H123NO18. The summed E-state index contributed by atoms with van der Waals surface area (Å²) in [5.41, 5.74) is 0. The Kier molecular flexibility index (Phi) is 49.1. The van der Waals surface area contributed by atoms with E-state index in [1.165, 1.54) is 70.6 Å². The first kappa shape index (κ1) is 84.2. The first-order chi connectivity index (χ1) is 45.8. The lowest BCUT2D eigenvalue weighted by Gasteiger charge is -2.48. The van der Waals surface area contributed by atoms with Gasteiger partial charge in [0, 0.05) is 6.42 Å². The van der Waals surface area contributed by atoms with Crippen LogP contribution >= 0.6 is 0 Å². The van der Waals surface area contributed by atoms with Gasteiger partial charge in [-0.05, 0) is 96.3 Å². The minimum absolute atomic E-state index is 0.179. The summed E-state index contributed by atoms with van der Waals surface area (Å²) in [5, 5.41) is 120. The fraction of sp³-hybridized carbons (Fsp3) is 0.693. The SMILES string of the molecule is CC/C=C\C/C=C\C/C=C\C/C=C\C/C=C\C/C=C\C/C=C\C/C=C\C/C=C\C/C=C\CCCCC(=O)NC(COC1OC(CO)C(OC2OC(CO)C(OC3OC(CO)C(O)C(O)C3O)C(O)C2O)C(O)C1O)C(O)/C=C/CCCCCCCCCCCCCCCC. The zero-order chi connectivity index (χ0) is 68.2. The van der Waals surface area contributed by atoms with Crippen LogP contribution in [0.3, 0.4) is 0 Å². The number of nitrogens with one attached hydrogen (secondary N) is 1. The van der Waals surface area contributed by atoms with Gasteiger partial charge in [0.2, 0.25) is 5.91 Å². The van der Waals surface area contributed by atoms with Gasteiger partial charge >= 0.3 is 0 Å². The van der Waals surface area contributed by atoms with Crippen LogP contribution in [0.5, 0.6) is 0 Å². The van der Waals surface area contributed by atoms with Gasteiger partial charge in [-0.3, -0.25) is 4.79 Å². The summed E-state index contributed by atoms with van der Waals surface area (Å²) >= 11 is 0. The number of aliphatic hydroxyl groups excluding tert-OH is 11. The highest BCUT2D eigenvalue weighted by Gasteiger charge is 2.53. The Morgan fingerprint density at radius 1 is 0.394 bits per heavy atom. The minimum Gasteiger partial charge on any atom is -0.394 e. The summed E-state index contributed by atoms with van der Waals surface area (Å²) in [6.45, 7) is 1.56. The monoisotopic (exact) mass is 1330 g/mol. The summed E-state index contributed by atoms with van der Waals surface area (Å²) in [7, 11) is 0. The first-order valence-electron chi connectivity index (χ1n) is 35.4. The number of ether oxygens (including phenoxy) is 6. The Labute approximate surface area is 562 Å². The third-order valence-corrected chi connectivity index (χ3v) is 16.7. The lowest BCUT2D eigenvalue weighted by molar-refractivity contribution is -0.379. The highest BCUT2D eigenvalue weighted by atomic mass is 16.8. The third kappa shape index (κ3) is 36.0. The molecule has 0 radical (unpaired) electrons. The predicted molar refractivity (Wildman–Crippen MR) is 369 cm³/mol. The smallest absolute Gasteiger partial charge is 0.220 e. The predicted octanol–water partition coefficient (Wildman–Crippen LogP) is 9.77. The molecule has 0 aromatic rings. The van der Waals surface area contributed by atoms with Crippen LogP contribution in [0, 0.1) is 0 Å². The Balaban J connectivity index is 1.43. The summed E-state index contributed by atoms with van der Waals surface area (Å²) < 4.78 is 34.3. The van der Waals surface area contributed by atoms with E-state index in [1.807, 2.05) is 6.08 Å². The van der Waals surface area contributed by atoms with E-state index in [1.54, 1.807) is 6.08 Å². The van der Waals surface area contributed by atoms with Crippen molar-refractivity contribution < 1.29 is 89.4 Å². The molecule has 94 heavy (non-hydrogen) atoms. The molecule has 17 unspecified atom stereocenters. The largest absolute Gasteiger partial charge is 0.394 e. The van der Waals surface area contributed by atoms with E-state index in [9.17, 15) is 61.0 Å². The van der Waals surface area contributed by atoms with Crippen molar-refractivity contribution in [3.8, 4) is 0 Å². The third-order valence-electron chi connectivity index (χ3n) is 16.7. The molecule has 12 N–H and O–H groups in total. The number of rotatable bonds is 52. The van der Waals surface area contributed by atoms with Gasteiger partial charge < -0.3 is 89.9 Å². The minimum atomic E-state index is -1.99. The van der Waals surface area contributed by atoms with Crippen molar-refractivity contribution in [3.05, 3.63) is 134 Å². The number of amides is 1. The number of allylic oxidation sites excluding steroid dienone is 21. The second-order valence-electron chi connectivity index (χ2n) is 24.6. The van der Waals surface area contributed by atoms with Crippen LogP contribution in [-0.2, 0) is 33.2 Å². The van der Waals surface area contributed by atoms with Crippen LogP contribution in [0.15, 0.2) is 134 Å². The van der Waals surface area contributed by atoms with Crippen molar-refractivity contribution >= 4 is 5.91 Å². The molecule has 3 heterocycles. The topological polar surface area (TPSA) is 307 Å². The first-order valence-corrected chi connectivity index (χ1v) is 35.4. The van der Waals surface area contributed by atoms with Crippen molar-refractivity contribution in [2.24, 2.45) is 0 Å². The van der Waals surface area contributed by atoms with E-state index >= 15 is 0 Å². The summed E-state index contributed by atoms with van der Waals surface area (Å²) in [5.74, 6) is -0.324. The molecule has 3 aliphatic heterocycles. The molecule has 17 atom stereocenters. The van der Waals surface area contributed by atoms with Gasteiger partial charge in [0.25, 0.3) is 0 Å². The van der Waals surface area contributed by atoms with Gasteiger partial charge in [-0.2, -0.15) is 0 Å². The molecule has 3 saturated heterocycles. The van der Waals surface area contributed by atoms with Gasteiger partial charge in [-0.1, -0.05) is 231 Å². The summed E-state index contributed by atoms with van der Waals surface area (Å²) in [6, 6.07) is -1.01. The van der Waals surface area contributed by atoms with Gasteiger partial charge in [-0.15, -0.1) is 0 Å². The Bertz CT molecular complexity index is 2220. The van der Waals surface area contributed by atoms with E-state index in [2.05, 4.69) is 141 Å².